The maximum absolute atomic E-state index is 4.81. The molecule has 0 saturated heterocycles. The summed E-state index contributed by atoms with van der Waals surface area (Å²) in [5, 5.41) is 4.65. The number of hydrogen-bond donors (Lipinski definition) is 1. The number of thiazole rings is 1. The zero-order valence-corrected chi connectivity index (χ0v) is 13.8. The molecule has 0 aliphatic rings. The number of aryl methyl sites for hydroxylation is 2. The van der Waals surface area contributed by atoms with Crippen LogP contribution in [0.25, 0.3) is 10.6 Å². The summed E-state index contributed by atoms with van der Waals surface area (Å²) in [4.78, 5) is 10.3. The molecule has 0 unspecified atom stereocenters. The Hall–Kier alpha value is -1.26. The van der Waals surface area contributed by atoms with Crippen LogP contribution in [0.5, 0.6) is 0 Å². The van der Waals surface area contributed by atoms with E-state index in [1.54, 1.807) is 11.3 Å². The Labute approximate surface area is 125 Å². The van der Waals surface area contributed by atoms with Gasteiger partial charge >= 0.3 is 0 Å². The van der Waals surface area contributed by atoms with Crippen molar-refractivity contribution in [2.45, 2.75) is 53.1 Å². The van der Waals surface area contributed by atoms with Gasteiger partial charge in [-0.25, -0.2) is 4.98 Å². The second kappa shape index (κ2) is 6.02. The van der Waals surface area contributed by atoms with Gasteiger partial charge in [0.05, 0.1) is 5.69 Å². The zero-order chi connectivity index (χ0) is 14.8. The summed E-state index contributed by atoms with van der Waals surface area (Å²) in [6, 6.07) is 2.05. The van der Waals surface area contributed by atoms with Crippen LogP contribution in [0, 0.1) is 6.92 Å². The molecule has 0 radical (unpaired) electrons. The third-order valence-electron chi connectivity index (χ3n) is 3.14. The highest BCUT2D eigenvalue weighted by Crippen LogP contribution is 2.30. The topological polar surface area (TPSA) is 37.8 Å². The molecule has 3 nitrogen and oxygen atoms in total. The van der Waals surface area contributed by atoms with Gasteiger partial charge in [0.2, 0.25) is 0 Å². The summed E-state index contributed by atoms with van der Waals surface area (Å²) in [7, 11) is 0. The summed E-state index contributed by atoms with van der Waals surface area (Å²) in [6.07, 6.45) is 4.71. The van der Waals surface area contributed by atoms with E-state index >= 15 is 0 Å². The normalized spacial score (nSPS) is 11.8. The maximum atomic E-state index is 4.81. The standard InChI is InChI=1S/C16H23N3S/c1-6-13-14(10-18-16(3,4)5)20-15(19-13)12-7-8-17-9-11(12)2/h7-9,18H,6,10H2,1-5H3. The van der Waals surface area contributed by atoms with Crippen LogP contribution in [0.4, 0.5) is 0 Å². The van der Waals surface area contributed by atoms with Crippen LogP contribution in [0.3, 0.4) is 0 Å². The predicted molar refractivity (Wildman–Crippen MR) is 86.1 cm³/mol. The minimum atomic E-state index is 0.127. The fourth-order valence-electron chi connectivity index (χ4n) is 1.97. The van der Waals surface area contributed by atoms with E-state index in [2.05, 4.69) is 51.0 Å². The fourth-order valence-corrected chi connectivity index (χ4v) is 3.15. The number of aromatic nitrogens is 2. The van der Waals surface area contributed by atoms with Crippen molar-refractivity contribution in [3.05, 3.63) is 34.6 Å². The Bertz CT molecular complexity index is 582. The lowest BCUT2D eigenvalue weighted by Crippen LogP contribution is -2.35. The van der Waals surface area contributed by atoms with Gasteiger partial charge < -0.3 is 5.32 Å². The number of nitrogens with zero attached hydrogens (tertiary/aromatic N) is 2. The molecule has 2 heterocycles. The summed E-state index contributed by atoms with van der Waals surface area (Å²) < 4.78 is 0. The Kier molecular flexibility index (Phi) is 4.55. The van der Waals surface area contributed by atoms with E-state index in [9.17, 15) is 0 Å². The fraction of sp³-hybridized carbons (Fsp3) is 0.500. The molecule has 20 heavy (non-hydrogen) atoms. The first kappa shape index (κ1) is 15.1. The van der Waals surface area contributed by atoms with E-state index < -0.39 is 0 Å². The Morgan fingerprint density at radius 2 is 2.05 bits per heavy atom. The first-order valence-corrected chi connectivity index (χ1v) is 7.87. The van der Waals surface area contributed by atoms with Crippen molar-refractivity contribution in [3.8, 4) is 10.6 Å². The highest BCUT2D eigenvalue weighted by Gasteiger charge is 2.15. The second-order valence-corrected chi connectivity index (χ2v) is 7.12. The van der Waals surface area contributed by atoms with Crippen LogP contribution in [0.1, 0.15) is 43.8 Å². The van der Waals surface area contributed by atoms with E-state index in [0.717, 1.165) is 18.0 Å². The van der Waals surface area contributed by atoms with Crippen LogP contribution in [-0.2, 0) is 13.0 Å². The first-order valence-electron chi connectivity index (χ1n) is 7.05. The highest BCUT2D eigenvalue weighted by molar-refractivity contribution is 7.15. The minimum absolute atomic E-state index is 0.127. The molecule has 4 heteroatoms. The van der Waals surface area contributed by atoms with E-state index in [4.69, 9.17) is 4.98 Å². The van der Waals surface area contributed by atoms with E-state index in [-0.39, 0.29) is 5.54 Å². The quantitative estimate of drug-likeness (QED) is 0.925. The maximum Gasteiger partial charge on any atom is 0.124 e. The van der Waals surface area contributed by atoms with Gasteiger partial charge in [0.15, 0.2) is 0 Å². The van der Waals surface area contributed by atoms with Crippen molar-refractivity contribution in [1.82, 2.24) is 15.3 Å². The smallest absolute Gasteiger partial charge is 0.124 e. The van der Waals surface area contributed by atoms with Crippen LogP contribution >= 0.6 is 11.3 Å². The Morgan fingerprint density at radius 3 is 2.65 bits per heavy atom. The molecule has 0 amide bonds. The summed E-state index contributed by atoms with van der Waals surface area (Å²) >= 11 is 1.79. The van der Waals surface area contributed by atoms with Crippen molar-refractivity contribution in [3.63, 3.8) is 0 Å². The molecule has 1 N–H and O–H groups in total. The van der Waals surface area contributed by atoms with Crippen LogP contribution in [0.15, 0.2) is 18.5 Å². The Morgan fingerprint density at radius 1 is 1.30 bits per heavy atom. The molecule has 0 bridgehead atoms. The van der Waals surface area contributed by atoms with Gasteiger partial charge in [-0.2, -0.15) is 0 Å². The zero-order valence-electron chi connectivity index (χ0n) is 12.9. The van der Waals surface area contributed by atoms with Crippen LogP contribution < -0.4 is 5.32 Å². The van der Waals surface area contributed by atoms with Crippen molar-refractivity contribution in [2.75, 3.05) is 0 Å². The monoisotopic (exact) mass is 289 g/mol. The van der Waals surface area contributed by atoms with Gasteiger partial charge in [-0.1, -0.05) is 6.92 Å². The van der Waals surface area contributed by atoms with Gasteiger partial charge in [0.1, 0.15) is 5.01 Å². The van der Waals surface area contributed by atoms with Crippen molar-refractivity contribution < 1.29 is 0 Å². The molecule has 108 valence electrons. The third-order valence-corrected chi connectivity index (χ3v) is 4.27. The predicted octanol–water partition coefficient (Wildman–Crippen LogP) is 3.96. The molecule has 2 rings (SSSR count). The molecule has 0 aliphatic heterocycles. The van der Waals surface area contributed by atoms with Gasteiger partial charge in [-0.05, 0) is 45.7 Å². The molecule has 0 aliphatic carbocycles. The van der Waals surface area contributed by atoms with Crippen LogP contribution in [0.2, 0.25) is 0 Å². The highest BCUT2D eigenvalue weighted by atomic mass is 32.1. The molecule has 0 spiro atoms. The third kappa shape index (κ3) is 3.64. The summed E-state index contributed by atoms with van der Waals surface area (Å²) in [5.41, 5.74) is 3.71. The summed E-state index contributed by atoms with van der Waals surface area (Å²) in [5.74, 6) is 0. The van der Waals surface area contributed by atoms with E-state index in [1.165, 1.54) is 21.7 Å². The van der Waals surface area contributed by atoms with Gasteiger partial charge in [0, 0.05) is 34.9 Å². The van der Waals surface area contributed by atoms with Crippen LogP contribution in [-0.4, -0.2) is 15.5 Å². The number of pyridine rings is 1. The molecule has 0 aromatic carbocycles. The molecule has 2 aromatic rings. The lowest BCUT2D eigenvalue weighted by Gasteiger charge is -2.20. The average molecular weight is 289 g/mol. The van der Waals surface area contributed by atoms with E-state index in [1.807, 2.05) is 12.4 Å². The summed E-state index contributed by atoms with van der Waals surface area (Å²) in [6.45, 7) is 11.7. The van der Waals surface area contributed by atoms with Gasteiger partial charge in [0.25, 0.3) is 0 Å². The largest absolute Gasteiger partial charge is 0.307 e. The number of nitrogens with one attached hydrogen (secondary N) is 1. The lowest BCUT2D eigenvalue weighted by atomic mass is 10.1. The van der Waals surface area contributed by atoms with E-state index in [0.29, 0.717) is 0 Å². The van der Waals surface area contributed by atoms with Gasteiger partial charge in [-0.15, -0.1) is 11.3 Å². The molecular formula is C16H23N3S. The second-order valence-electron chi connectivity index (χ2n) is 6.04. The molecular weight excluding hydrogens is 266 g/mol. The Balaban J connectivity index is 2.29. The SMILES string of the molecule is CCc1nc(-c2ccncc2C)sc1CNC(C)(C)C. The first-order chi connectivity index (χ1) is 9.40. The van der Waals surface area contributed by atoms with Crippen molar-refractivity contribution >= 4 is 11.3 Å². The van der Waals surface area contributed by atoms with Crippen molar-refractivity contribution in [1.29, 1.82) is 0 Å². The van der Waals surface area contributed by atoms with Gasteiger partial charge in [-0.3, -0.25) is 4.98 Å². The molecule has 0 saturated carbocycles. The molecule has 2 aromatic heterocycles. The number of hydrogen-bond acceptors (Lipinski definition) is 4. The minimum Gasteiger partial charge on any atom is -0.307 e. The average Bonchev–Trinajstić information content (AvgIpc) is 2.79. The number of rotatable bonds is 4. The molecule has 0 atom stereocenters. The molecule has 0 fully saturated rings. The van der Waals surface area contributed by atoms with Crippen molar-refractivity contribution in [2.24, 2.45) is 0 Å². The lowest BCUT2D eigenvalue weighted by molar-refractivity contribution is 0.425.